The number of imide groups is 2. The van der Waals surface area contributed by atoms with Gasteiger partial charge in [0.1, 0.15) is 5.92 Å². The summed E-state index contributed by atoms with van der Waals surface area (Å²) in [4.78, 5) is 38.3. The fourth-order valence-electron chi connectivity index (χ4n) is 3.81. The number of urea groups is 1. The Kier molecular flexibility index (Phi) is 3.10. The highest BCUT2D eigenvalue weighted by atomic mass is 16.2. The van der Waals surface area contributed by atoms with Gasteiger partial charge < -0.3 is 0 Å². The summed E-state index contributed by atoms with van der Waals surface area (Å²) in [6.07, 6.45) is 6.06. The molecule has 0 spiro atoms. The Hall–Kier alpha value is -1.39. The second kappa shape index (κ2) is 4.57. The van der Waals surface area contributed by atoms with E-state index < -0.39 is 23.4 Å². The molecule has 0 aromatic rings. The molecule has 1 unspecified atom stereocenters. The molecule has 1 heterocycles. The third kappa shape index (κ3) is 2.03. The minimum absolute atomic E-state index is 0.105. The molecule has 2 aliphatic carbocycles. The molecule has 3 rings (SSSR count). The SMILES string of the molecule is CC(C)(C1CC1)N1C(=O)NC(=O)C(C2CCCC2)C1=O. The van der Waals surface area contributed by atoms with Crippen LogP contribution < -0.4 is 5.32 Å². The Bertz CT molecular complexity index is 462. The third-order valence-corrected chi connectivity index (χ3v) is 5.23. The maximum atomic E-state index is 12.8. The number of hydrogen-bond acceptors (Lipinski definition) is 3. The van der Waals surface area contributed by atoms with Crippen LogP contribution in [0.15, 0.2) is 0 Å². The fraction of sp³-hybridized carbons (Fsp3) is 0.800. The number of carbonyl (C=O) groups is 3. The van der Waals surface area contributed by atoms with Crippen molar-refractivity contribution in [2.45, 2.75) is 57.9 Å². The van der Waals surface area contributed by atoms with Crippen molar-refractivity contribution in [2.24, 2.45) is 17.8 Å². The zero-order chi connectivity index (χ0) is 14.5. The summed E-state index contributed by atoms with van der Waals surface area (Å²) in [5.74, 6) is -0.853. The van der Waals surface area contributed by atoms with Gasteiger partial charge in [0.05, 0.1) is 0 Å². The van der Waals surface area contributed by atoms with Crippen LogP contribution in [0, 0.1) is 17.8 Å². The van der Waals surface area contributed by atoms with Gasteiger partial charge in [0.2, 0.25) is 11.8 Å². The van der Waals surface area contributed by atoms with E-state index in [0.29, 0.717) is 5.92 Å². The highest BCUT2D eigenvalue weighted by Gasteiger charge is 2.53. The van der Waals surface area contributed by atoms with Gasteiger partial charge in [-0.1, -0.05) is 12.8 Å². The summed E-state index contributed by atoms with van der Waals surface area (Å²) in [6, 6.07) is -0.536. The summed E-state index contributed by atoms with van der Waals surface area (Å²) in [5, 5.41) is 2.40. The Labute approximate surface area is 119 Å². The first-order chi connectivity index (χ1) is 9.43. The number of carbonyl (C=O) groups excluding carboxylic acids is 3. The molecule has 0 radical (unpaired) electrons. The maximum Gasteiger partial charge on any atom is 0.331 e. The lowest BCUT2D eigenvalue weighted by molar-refractivity contribution is -0.149. The topological polar surface area (TPSA) is 66.5 Å². The lowest BCUT2D eigenvalue weighted by Crippen LogP contribution is -2.65. The van der Waals surface area contributed by atoms with Crippen LogP contribution >= 0.6 is 0 Å². The highest BCUT2D eigenvalue weighted by Crippen LogP contribution is 2.45. The summed E-state index contributed by atoms with van der Waals surface area (Å²) in [7, 11) is 0. The number of amides is 4. The summed E-state index contributed by atoms with van der Waals surface area (Å²) >= 11 is 0. The van der Waals surface area contributed by atoms with E-state index in [4.69, 9.17) is 0 Å². The monoisotopic (exact) mass is 278 g/mol. The number of rotatable bonds is 3. The molecule has 20 heavy (non-hydrogen) atoms. The smallest absolute Gasteiger partial charge is 0.277 e. The van der Waals surface area contributed by atoms with E-state index in [9.17, 15) is 14.4 Å². The van der Waals surface area contributed by atoms with E-state index in [1.165, 1.54) is 4.90 Å². The first-order valence-corrected chi connectivity index (χ1v) is 7.62. The third-order valence-electron chi connectivity index (χ3n) is 5.23. The van der Waals surface area contributed by atoms with Gasteiger partial charge in [-0.25, -0.2) is 4.79 Å². The number of nitrogens with one attached hydrogen (secondary N) is 1. The van der Waals surface area contributed by atoms with Crippen molar-refractivity contribution in [1.29, 1.82) is 0 Å². The van der Waals surface area contributed by atoms with E-state index in [2.05, 4.69) is 5.32 Å². The Morgan fingerprint density at radius 3 is 2.20 bits per heavy atom. The minimum Gasteiger partial charge on any atom is -0.277 e. The van der Waals surface area contributed by atoms with E-state index >= 15 is 0 Å². The largest absolute Gasteiger partial charge is 0.331 e. The molecule has 3 aliphatic rings. The minimum atomic E-state index is -0.659. The summed E-state index contributed by atoms with van der Waals surface area (Å²) in [6.45, 7) is 3.87. The molecule has 1 atom stereocenters. The molecule has 4 amide bonds. The van der Waals surface area contributed by atoms with Gasteiger partial charge in [0.25, 0.3) is 0 Å². The van der Waals surface area contributed by atoms with Crippen molar-refractivity contribution in [3.05, 3.63) is 0 Å². The van der Waals surface area contributed by atoms with Crippen molar-refractivity contribution in [1.82, 2.24) is 10.2 Å². The van der Waals surface area contributed by atoms with Crippen LogP contribution in [0.4, 0.5) is 4.79 Å². The van der Waals surface area contributed by atoms with Crippen LogP contribution in [0.25, 0.3) is 0 Å². The first kappa shape index (κ1) is 13.6. The van der Waals surface area contributed by atoms with Crippen molar-refractivity contribution < 1.29 is 14.4 Å². The zero-order valence-electron chi connectivity index (χ0n) is 12.1. The highest BCUT2D eigenvalue weighted by molar-refractivity contribution is 6.16. The fourth-order valence-corrected chi connectivity index (χ4v) is 3.81. The van der Waals surface area contributed by atoms with Gasteiger partial charge in [-0.15, -0.1) is 0 Å². The number of nitrogens with zero attached hydrogens (tertiary/aromatic N) is 1. The molecule has 1 saturated heterocycles. The summed E-state index contributed by atoms with van der Waals surface area (Å²) < 4.78 is 0. The predicted octanol–water partition coefficient (Wildman–Crippen LogP) is 2.06. The first-order valence-electron chi connectivity index (χ1n) is 7.62. The van der Waals surface area contributed by atoms with Gasteiger partial charge in [-0.2, -0.15) is 0 Å². The molecule has 1 aliphatic heterocycles. The molecule has 110 valence electrons. The van der Waals surface area contributed by atoms with E-state index in [1.54, 1.807) is 0 Å². The predicted molar refractivity (Wildman–Crippen MR) is 72.6 cm³/mol. The van der Waals surface area contributed by atoms with Crippen LogP contribution in [0.1, 0.15) is 52.4 Å². The molecule has 5 nitrogen and oxygen atoms in total. The Balaban J connectivity index is 1.88. The quantitative estimate of drug-likeness (QED) is 0.804. The van der Waals surface area contributed by atoms with E-state index in [0.717, 1.165) is 38.5 Å². The van der Waals surface area contributed by atoms with Crippen molar-refractivity contribution in [2.75, 3.05) is 0 Å². The molecular formula is C15H22N2O3. The second-order valence-corrected chi connectivity index (χ2v) is 6.92. The van der Waals surface area contributed by atoms with Crippen LogP contribution in [0.3, 0.4) is 0 Å². The van der Waals surface area contributed by atoms with Crippen molar-refractivity contribution >= 4 is 17.8 Å². The molecular weight excluding hydrogens is 256 g/mol. The van der Waals surface area contributed by atoms with E-state index in [1.807, 2.05) is 13.8 Å². The van der Waals surface area contributed by atoms with Crippen molar-refractivity contribution in [3.8, 4) is 0 Å². The van der Waals surface area contributed by atoms with Crippen LogP contribution in [0.2, 0.25) is 0 Å². The molecule has 0 aromatic carbocycles. The molecule has 5 heteroatoms. The van der Waals surface area contributed by atoms with Gasteiger partial charge in [0.15, 0.2) is 0 Å². The lowest BCUT2D eigenvalue weighted by atomic mass is 9.85. The van der Waals surface area contributed by atoms with Gasteiger partial charge in [-0.05, 0) is 51.4 Å². The normalized spacial score (nSPS) is 29.0. The second-order valence-electron chi connectivity index (χ2n) is 6.92. The molecule has 2 saturated carbocycles. The van der Waals surface area contributed by atoms with Crippen molar-refractivity contribution in [3.63, 3.8) is 0 Å². The standard InChI is InChI=1S/C15H22N2O3/c1-15(2,10-7-8-10)17-13(19)11(9-5-3-4-6-9)12(18)16-14(17)20/h9-11H,3-8H2,1-2H3,(H,16,18,20). The maximum absolute atomic E-state index is 12.8. The average molecular weight is 278 g/mol. The summed E-state index contributed by atoms with van der Waals surface area (Å²) in [5.41, 5.74) is -0.487. The number of barbiturate groups is 1. The van der Waals surface area contributed by atoms with Gasteiger partial charge >= 0.3 is 6.03 Å². The van der Waals surface area contributed by atoms with Gasteiger partial charge in [0, 0.05) is 5.54 Å². The lowest BCUT2D eigenvalue weighted by Gasteiger charge is -2.42. The molecule has 1 N–H and O–H groups in total. The van der Waals surface area contributed by atoms with Crippen LogP contribution in [-0.2, 0) is 9.59 Å². The van der Waals surface area contributed by atoms with Crippen LogP contribution in [0.5, 0.6) is 0 Å². The molecule has 0 aromatic heterocycles. The number of hydrogen-bond donors (Lipinski definition) is 1. The Morgan fingerprint density at radius 2 is 1.65 bits per heavy atom. The zero-order valence-corrected chi connectivity index (χ0v) is 12.1. The Morgan fingerprint density at radius 1 is 1.05 bits per heavy atom. The van der Waals surface area contributed by atoms with Crippen LogP contribution in [-0.4, -0.2) is 28.3 Å². The molecule has 0 bridgehead atoms. The van der Waals surface area contributed by atoms with Gasteiger partial charge in [-0.3, -0.25) is 19.8 Å². The average Bonchev–Trinajstić information content (AvgIpc) is 3.08. The molecule has 3 fully saturated rings. The van der Waals surface area contributed by atoms with E-state index in [-0.39, 0.29) is 11.8 Å².